The summed E-state index contributed by atoms with van der Waals surface area (Å²) in [5.41, 5.74) is 1.79. The second kappa shape index (κ2) is 4.38. The lowest BCUT2D eigenvalue weighted by molar-refractivity contribution is 0.350. The van der Waals surface area contributed by atoms with E-state index in [-0.39, 0.29) is 0 Å². The molecule has 16 heavy (non-hydrogen) atoms. The van der Waals surface area contributed by atoms with Gasteiger partial charge in [-0.1, -0.05) is 30.7 Å². The Kier molecular flexibility index (Phi) is 3.27. The summed E-state index contributed by atoms with van der Waals surface area (Å²) in [5.74, 6) is 0. The lowest BCUT2D eigenvalue weighted by Gasteiger charge is -2.25. The van der Waals surface area contributed by atoms with Gasteiger partial charge in [0.05, 0.1) is 0 Å². The van der Waals surface area contributed by atoms with E-state index in [1.54, 1.807) is 0 Å². The number of benzene rings is 1. The van der Waals surface area contributed by atoms with Crippen molar-refractivity contribution < 1.29 is 0 Å². The Labute approximate surface area is 103 Å². The van der Waals surface area contributed by atoms with Gasteiger partial charge in [-0.25, -0.2) is 0 Å². The van der Waals surface area contributed by atoms with E-state index in [1.165, 1.54) is 18.4 Å². The summed E-state index contributed by atoms with van der Waals surface area (Å²) in [5, 5.41) is 4.48. The zero-order chi connectivity index (χ0) is 11.8. The monoisotopic (exact) mass is 237 g/mol. The molecule has 1 unspecified atom stereocenters. The average molecular weight is 238 g/mol. The minimum Gasteiger partial charge on any atom is -0.307 e. The Hall–Kier alpha value is -0.530. The molecule has 0 spiro atoms. The molecule has 2 rings (SSSR count). The molecule has 0 bridgehead atoms. The van der Waals surface area contributed by atoms with Gasteiger partial charge in [0.15, 0.2) is 0 Å². The zero-order valence-corrected chi connectivity index (χ0v) is 11.0. The minimum absolute atomic E-state index is 0.367. The third kappa shape index (κ3) is 2.58. The molecule has 0 saturated heterocycles. The SMILES string of the molecule is CC(N[C@@H](C)c1cccc(Cl)c1)C1(C)CC1. The molecule has 2 atom stereocenters. The van der Waals surface area contributed by atoms with Crippen LogP contribution in [0.1, 0.15) is 45.2 Å². The molecular formula is C14H20ClN. The van der Waals surface area contributed by atoms with Gasteiger partial charge in [-0.15, -0.1) is 0 Å². The van der Waals surface area contributed by atoms with Crippen LogP contribution in [0.5, 0.6) is 0 Å². The standard InChI is InChI=1S/C14H20ClN/c1-10(12-5-4-6-13(15)9-12)16-11(2)14(3)7-8-14/h4-6,9-11,16H,7-8H2,1-3H3/t10-,11?/m0/s1. The molecule has 0 aliphatic heterocycles. The van der Waals surface area contributed by atoms with Crippen molar-refractivity contribution in [1.82, 2.24) is 5.32 Å². The summed E-state index contributed by atoms with van der Waals surface area (Å²) < 4.78 is 0. The van der Waals surface area contributed by atoms with Crippen LogP contribution in [0.3, 0.4) is 0 Å². The van der Waals surface area contributed by atoms with E-state index in [4.69, 9.17) is 11.6 Å². The molecule has 1 aromatic rings. The highest BCUT2D eigenvalue weighted by Gasteiger charge is 2.42. The molecule has 1 N–H and O–H groups in total. The van der Waals surface area contributed by atoms with Gasteiger partial charge in [0, 0.05) is 17.1 Å². The molecule has 0 radical (unpaired) electrons. The van der Waals surface area contributed by atoms with Crippen LogP contribution in [-0.4, -0.2) is 6.04 Å². The number of halogens is 1. The van der Waals surface area contributed by atoms with Crippen LogP contribution in [0.15, 0.2) is 24.3 Å². The predicted octanol–water partition coefficient (Wildman–Crippen LogP) is 4.18. The van der Waals surface area contributed by atoms with Gasteiger partial charge >= 0.3 is 0 Å². The number of hydrogen-bond acceptors (Lipinski definition) is 1. The number of nitrogens with one attached hydrogen (secondary N) is 1. The fourth-order valence-corrected chi connectivity index (χ4v) is 2.28. The normalized spacial score (nSPS) is 21.5. The molecule has 1 fully saturated rings. The van der Waals surface area contributed by atoms with Crippen molar-refractivity contribution in [2.45, 2.75) is 45.7 Å². The maximum atomic E-state index is 6.00. The van der Waals surface area contributed by atoms with Crippen molar-refractivity contribution in [3.05, 3.63) is 34.9 Å². The summed E-state index contributed by atoms with van der Waals surface area (Å²) in [6, 6.07) is 9.04. The van der Waals surface area contributed by atoms with Gasteiger partial charge in [-0.2, -0.15) is 0 Å². The minimum atomic E-state index is 0.367. The first-order valence-corrected chi connectivity index (χ1v) is 6.40. The number of rotatable bonds is 4. The quantitative estimate of drug-likeness (QED) is 0.829. The van der Waals surface area contributed by atoms with E-state index in [1.807, 2.05) is 18.2 Å². The fraction of sp³-hybridized carbons (Fsp3) is 0.571. The molecule has 1 nitrogen and oxygen atoms in total. The van der Waals surface area contributed by atoms with E-state index in [9.17, 15) is 0 Å². The Morgan fingerprint density at radius 3 is 2.56 bits per heavy atom. The van der Waals surface area contributed by atoms with Gasteiger partial charge < -0.3 is 5.32 Å². The maximum absolute atomic E-state index is 6.00. The summed E-state index contributed by atoms with van der Waals surface area (Å²) in [4.78, 5) is 0. The molecule has 0 amide bonds. The highest BCUT2D eigenvalue weighted by atomic mass is 35.5. The molecule has 1 saturated carbocycles. The largest absolute Gasteiger partial charge is 0.307 e. The van der Waals surface area contributed by atoms with Gasteiger partial charge in [0.2, 0.25) is 0 Å². The Morgan fingerprint density at radius 2 is 2.00 bits per heavy atom. The fourth-order valence-electron chi connectivity index (χ4n) is 2.08. The van der Waals surface area contributed by atoms with Crippen molar-refractivity contribution in [2.75, 3.05) is 0 Å². The Morgan fingerprint density at radius 1 is 1.31 bits per heavy atom. The van der Waals surface area contributed by atoms with Crippen molar-refractivity contribution in [1.29, 1.82) is 0 Å². The summed E-state index contributed by atoms with van der Waals surface area (Å²) in [6.07, 6.45) is 2.70. The van der Waals surface area contributed by atoms with Crippen LogP contribution in [-0.2, 0) is 0 Å². The molecule has 1 aliphatic rings. The average Bonchev–Trinajstić information content (AvgIpc) is 2.98. The van der Waals surface area contributed by atoms with Crippen LogP contribution < -0.4 is 5.32 Å². The van der Waals surface area contributed by atoms with E-state index in [0.29, 0.717) is 17.5 Å². The topological polar surface area (TPSA) is 12.0 Å². The Bertz CT molecular complexity index is 371. The summed E-state index contributed by atoms with van der Waals surface area (Å²) >= 11 is 6.00. The summed E-state index contributed by atoms with van der Waals surface area (Å²) in [6.45, 7) is 6.84. The van der Waals surface area contributed by atoms with E-state index >= 15 is 0 Å². The van der Waals surface area contributed by atoms with E-state index < -0.39 is 0 Å². The van der Waals surface area contributed by atoms with Crippen molar-refractivity contribution in [2.24, 2.45) is 5.41 Å². The summed E-state index contributed by atoms with van der Waals surface area (Å²) in [7, 11) is 0. The molecule has 1 aromatic carbocycles. The third-order valence-corrected chi connectivity index (χ3v) is 4.17. The van der Waals surface area contributed by atoms with Gasteiger partial charge in [-0.05, 0) is 49.8 Å². The lowest BCUT2D eigenvalue weighted by atomic mass is 9.98. The second-order valence-corrected chi connectivity index (χ2v) is 5.76. The van der Waals surface area contributed by atoms with Gasteiger partial charge in [0.1, 0.15) is 0 Å². The zero-order valence-electron chi connectivity index (χ0n) is 10.3. The molecule has 2 heteroatoms. The predicted molar refractivity (Wildman–Crippen MR) is 69.8 cm³/mol. The van der Waals surface area contributed by atoms with Crippen LogP contribution in [0, 0.1) is 5.41 Å². The molecule has 88 valence electrons. The smallest absolute Gasteiger partial charge is 0.0409 e. The number of hydrogen-bond donors (Lipinski definition) is 1. The first-order chi connectivity index (χ1) is 7.51. The van der Waals surface area contributed by atoms with Crippen LogP contribution in [0.25, 0.3) is 0 Å². The van der Waals surface area contributed by atoms with Crippen LogP contribution in [0.2, 0.25) is 5.02 Å². The molecule has 0 aromatic heterocycles. The highest BCUT2D eigenvalue weighted by molar-refractivity contribution is 6.30. The van der Waals surface area contributed by atoms with Crippen LogP contribution >= 0.6 is 11.6 Å². The van der Waals surface area contributed by atoms with Gasteiger partial charge in [-0.3, -0.25) is 0 Å². The first-order valence-electron chi connectivity index (χ1n) is 6.03. The van der Waals surface area contributed by atoms with Crippen molar-refractivity contribution in [3.8, 4) is 0 Å². The van der Waals surface area contributed by atoms with Crippen LogP contribution in [0.4, 0.5) is 0 Å². The van der Waals surface area contributed by atoms with Crippen molar-refractivity contribution >= 4 is 11.6 Å². The lowest BCUT2D eigenvalue weighted by Crippen LogP contribution is -2.35. The van der Waals surface area contributed by atoms with Crippen molar-refractivity contribution in [3.63, 3.8) is 0 Å². The first kappa shape index (κ1) is 11.9. The van der Waals surface area contributed by atoms with E-state index in [0.717, 1.165) is 5.02 Å². The second-order valence-electron chi connectivity index (χ2n) is 5.32. The molecule has 0 heterocycles. The van der Waals surface area contributed by atoms with E-state index in [2.05, 4.69) is 32.2 Å². The third-order valence-electron chi connectivity index (χ3n) is 3.93. The molecule has 1 aliphatic carbocycles. The Balaban J connectivity index is 2.00. The maximum Gasteiger partial charge on any atom is 0.0409 e. The van der Waals surface area contributed by atoms with Gasteiger partial charge in [0.25, 0.3) is 0 Å². The molecular weight excluding hydrogens is 218 g/mol. The highest BCUT2D eigenvalue weighted by Crippen LogP contribution is 2.48.